The van der Waals surface area contributed by atoms with Crippen molar-refractivity contribution in [1.29, 1.82) is 0 Å². The summed E-state index contributed by atoms with van der Waals surface area (Å²) in [7, 11) is 1.93. The van der Waals surface area contributed by atoms with Crippen molar-refractivity contribution in [2.24, 2.45) is 12.8 Å². The van der Waals surface area contributed by atoms with Crippen LogP contribution in [0.15, 0.2) is 39.1 Å². The number of halogens is 1. The molecule has 1 unspecified atom stereocenters. The molecule has 0 fully saturated rings. The Hall–Kier alpha value is -0.850. The number of aromatic nitrogens is 3. The molecule has 6 heteroatoms. The minimum Gasteiger partial charge on any atom is -0.328 e. The summed E-state index contributed by atoms with van der Waals surface area (Å²) < 4.78 is 2.96. The smallest absolute Gasteiger partial charge is 0.195 e. The highest BCUT2D eigenvalue weighted by Crippen LogP contribution is 2.32. The number of nitrogens with two attached hydrogens (primary N) is 1. The molecule has 0 aliphatic rings. The van der Waals surface area contributed by atoms with Gasteiger partial charge in [-0.05, 0) is 58.7 Å². The molecule has 0 radical (unpaired) electrons. The topological polar surface area (TPSA) is 56.7 Å². The van der Waals surface area contributed by atoms with Crippen LogP contribution in [-0.2, 0) is 13.5 Å². The van der Waals surface area contributed by atoms with E-state index in [-0.39, 0.29) is 6.04 Å². The third kappa shape index (κ3) is 3.34. The lowest BCUT2D eigenvalue weighted by Gasteiger charge is -2.08. The lowest BCUT2D eigenvalue weighted by Crippen LogP contribution is -2.17. The van der Waals surface area contributed by atoms with E-state index >= 15 is 0 Å². The molecule has 1 aromatic carbocycles. The Labute approximate surface area is 119 Å². The van der Waals surface area contributed by atoms with Crippen LogP contribution in [0.2, 0.25) is 0 Å². The van der Waals surface area contributed by atoms with Crippen LogP contribution in [-0.4, -0.2) is 20.8 Å². The second-order valence-corrected chi connectivity index (χ2v) is 6.14. The normalized spacial score (nSPS) is 12.7. The highest BCUT2D eigenvalue weighted by atomic mass is 79.9. The van der Waals surface area contributed by atoms with E-state index in [0.717, 1.165) is 20.9 Å². The Morgan fingerprint density at radius 1 is 1.50 bits per heavy atom. The Bertz CT molecular complexity index is 539. The van der Waals surface area contributed by atoms with Gasteiger partial charge in [-0.25, -0.2) is 0 Å². The standard InChI is InChI=1S/C12H15BrN4S/c1-8(14)5-9-3-4-11(10(13)6-9)18-12-16-15-7-17(12)2/h3-4,6-8H,5,14H2,1-2H3. The summed E-state index contributed by atoms with van der Waals surface area (Å²) in [5.41, 5.74) is 7.04. The van der Waals surface area contributed by atoms with Crippen LogP contribution < -0.4 is 5.73 Å². The molecule has 2 rings (SSSR count). The molecule has 0 saturated heterocycles. The summed E-state index contributed by atoms with van der Waals surface area (Å²) in [5, 5.41) is 8.79. The summed E-state index contributed by atoms with van der Waals surface area (Å²) in [6, 6.07) is 6.48. The predicted octanol–water partition coefficient (Wildman–Crippen LogP) is 2.62. The van der Waals surface area contributed by atoms with E-state index in [4.69, 9.17) is 5.73 Å². The minimum atomic E-state index is 0.175. The SMILES string of the molecule is CC(N)Cc1ccc(Sc2nncn2C)c(Br)c1. The second-order valence-electron chi connectivity index (χ2n) is 4.27. The molecule has 0 saturated carbocycles. The molecule has 0 amide bonds. The number of nitrogens with zero attached hydrogens (tertiary/aromatic N) is 3. The summed E-state index contributed by atoms with van der Waals surface area (Å²) in [4.78, 5) is 1.12. The van der Waals surface area contributed by atoms with Gasteiger partial charge in [0, 0.05) is 22.5 Å². The summed E-state index contributed by atoms with van der Waals surface area (Å²) in [6.07, 6.45) is 2.58. The fourth-order valence-electron chi connectivity index (χ4n) is 1.59. The minimum absolute atomic E-state index is 0.175. The zero-order chi connectivity index (χ0) is 13.1. The van der Waals surface area contributed by atoms with Gasteiger partial charge < -0.3 is 10.3 Å². The number of hydrogen-bond donors (Lipinski definition) is 1. The van der Waals surface area contributed by atoms with E-state index in [2.05, 4.69) is 44.3 Å². The van der Waals surface area contributed by atoms with Crippen molar-refractivity contribution in [3.8, 4) is 0 Å². The third-order valence-electron chi connectivity index (χ3n) is 2.43. The molecule has 1 atom stereocenters. The lowest BCUT2D eigenvalue weighted by molar-refractivity contribution is 0.737. The first kappa shape index (κ1) is 13.6. The van der Waals surface area contributed by atoms with Gasteiger partial charge in [0.1, 0.15) is 6.33 Å². The molecule has 1 heterocycles. The predicted molar refractivity (Wildman–Crippen MR) is 76.6 cm³/mol. The highest BCUT2D eigenvalue weighted by molar-refractivity contribution is 9.10. The van der Waals surface area contributed by atoms with Crippen LogP contribution in [0.25, 0.3) is 0 Å². The Kier molecular flexibility index (Phi) is 4.42. The van der Waals surface area contributed by atoms with E-state index in [9.17, 15) is 0 Å². The first-order chi connectivity index (χ1) is 8.56. The van der Waals surface area contributed by atoms with Crippen LogP contribution in [0.5, 0.6) is 0 Å². The molecule has 1 aromatic heterocycles. The quantitative estimate of drug-likeness (QED) is 0.938. The van der Waals surface area contributed by atoms with Gasteiger partial charge >= 0.3 is 0 Å². The van der Waals surface area contributed by atoms with Crippen LogP contribution >= 0.6 is 27.7 Å². The summed E-state index contributed by atoms with van der Waals surface area (Å²) in [5.74, 6) is 0. The third-order valence-corrected chi connectivity index (χ3v) is 4.47. The van der Waals surface area contributed by atoms with Crippen molar-refractivity contribution in [2.45, 2.75) is 29.4 Å². The molecule has 2 N–H and O–H groups in total. The van der Waals surface area contributed by atoms with Crippen molar-refractivity contribution in [3.05, 3.63) is 34.6 Å². The van der Waals surface area contributed by atoms with Crippen molar-refractivity contribution in [1.82, 2.24) is 14.8 Å². The maximum absolute atomic E-state index is 5.80. The van der Waals surface area contributed by atoms with E-state index in [1.54, 1.807) is 18.1 Å². The molecule has 2 aromatic rings. The number of rotatable bonds is 4. The maximum atomic E-state index is 5.80. The Morgan fingerprint density at radius 3 is 2.83 bits per heavy atom. The van der Waals surface area contributed by atoms with Gasteiger partial charge in [-0.1, -0.05) is 6.07 Å². The van der Waals surface area contributed by atoms with Crippen molar-refractivity contribution in [3.63, 3.8) is 0 Å². The summed E-state index contributed by atoms with van der Waals surface area (Å²) >= 11 is 5.17. The van der Waals surface area contributed by atoms with Crippen LogP contribution in [0, 0.1) is 0 Å². The van der Waals surface area contributed by atoms with Crippen molar-refractivity contribution >= 4 is 27.7 Å². The number of hydrogen-bond acceptors (Lipinski definition) is 4. The first-order valence-electron chi connectivity index (χ1n) is 5.62. The number of aryl methyl sites for hydroxylation is 1. The van der Waals surface area contributed by atoms with Crippen molar-refractivity contribution < 1.29 is 0 Å². The van der Waals surface area contributed by atoms with Gasteiger partial charge in [0.05, 0.1) is 0 Å². The van der Waals surface area contributed by atoms with E-state index in [1.807, 2.05) is 18.5 Å². The second kappa shape index (κ2) is 5.86. The van der Waals surface area contributed by atoms with E-state index < -0.39 is 0 Å². The molecule has 18 heavy (non-hydrogen) atoms. The van der Waals surface area contributed by atoms with Gasteiger partial charge in [0.15, 0.2) is 5.16 Å². The fraction of sp³-hybridized carbons (Fsp3) is 0.333. The molecule has 0 aliphatic carbocycles. The van der Waals surface area contributed by atoms with Gasteiger partial charge in [-0.2, -0.15) is 0 Å². The molecule has 0 bridgehead atoms. The zero-order valence-corrected chi connectivity index (χ0v) is 12.7. The molecule has 0 spiro atoms. The van der Waals surface area contributed by atoms with Gasteiger partial charge in [-0.15, -0.1) is 10.2 Å². The molecule has 4 nitrogen and oxygen atoms in total. The Balaban J connectivity index is 2.17. The lowest BCUT2D eigenvalue weighted by atomic mass is 10.1. The maximum Gasteiger partial charge on any atom is 0.195 e. The van der Waals surface area contributed by atoms with Crippen LogP contribution in [0.1, 0.15) is 12.5 Å². The number of benzene rings is 1. The zero-order valence-electron chi connectivity index (χ0n) is 10.3. The van der Waals surface area contributed by atoms with Gasteiger partial charge in [0.2, 0.25) is 0 Å². The average Bonchev–Trinajstić information content (AvgIpc) is 2.67. The Morgan fingerprint density at radius 2 is 2.28 bits per heavy atom. The van der Waals surface area contributed by atoms with Gasteiger partial charge in [-0.3, -0.25) is 0 Å². The molecular formula is C12H15BrN4S. The van der Waals surface area contributed by atoms with E-state index in [1.165, 1.54) is 5.56 Å². The summed E-state index contributed by atoms with van der Waals surface area (Å²) in [6.45, 7) is 2.01. The van der Waals surface area contributed by atoms with Crippen LogP contribution in [0.3, 0.4) is 0 Å². The monoisotopic (exact) mass is 326 g/mol. The van der Waals surface area contributed by atoms with E-state index in [0.29, 0.717) is 0 Å². The fourth-order valence-corrected chi connectivity index (χ4v) is 3.03. The molecular weight excluding hydrogens is 312 g/mol. The van der Waals surface area contributed by atoms with Crippen molar-refractivity contribution in [2.75, 3.05) is 0 Å². The van der Waals surface area contributed by atoms with Crippen LogP contribution in [0.4, 0.5) is 0 Å². The first-order valence-corrected chi connectivity index (χ1v) is 7.23. The molecule has 0 aliphatic heterocycles. The average molecular weight is 327 g/mol. The van der Waals surface area contributed by atoms with Gasteiger partial charge in [0.25, 0.3) is 0 Å². The highest BCUT2D eigenvalue weighted by Gasteiger charge is 2.08. The largest absolute Gasteiger partial charge is 0.328 e. The molecule has 96 valence electrons.